The fourth-order valence-electron chi connectivity index (χ4n) is 3.99. The average Bonchev–Trinajstić information content (AvgIpc) is 3.13. The van der Waals surface area contributed by atoms with Crippen LogP contribution < -0.4 is 10.1 Å². The summed E-state index contributed by atoms with van der Waals surface area (Å²) in [7, 11) is 0. The minimum atomic E-state index is -0.254. The highest BCUT2D eigenvalue weighted by Gasteiger charge is 2.15. The van der Waals surface area contributed by atoms with Gasteiger partial charge in [-0.2, -0.15) is 9.78 Å². The summed E-state index contributed by atoms with van der Waals surface area (Å²) in [5.74, 6) is 2.05. The lowest BCUT2D eigenvalue weighted by Crippen LogP contribution is -2.22. The number of hydrogen-bond donors (Lipinski definition) is 1. The van der Waals surface area contributed by atoms with Gasteiger partial charge in [-0.25, -0.2) is 4.98 Å². The average molecular weight is 443 g/mol. The molecule has 0 aliphatic rings. The Labute approximate surface area is 194 Å². The molecule has 0 fully saturated rings. The Morgan fingerprint density at radius 3 is 2.58 bits per heavy atom. The molecule has 0 bridgehead atoms. The SMILES string of the molecule is Cc1cc(C)c2nc(-n3nc(C)cc3NC(=O)COc3cccc(C(C)C)c3)cc(C)c2c1. The van der Waals surface area contributed by atoms with Crippen molar-refractivity contribution in [2.45, 2.75) is 47.5 Å². The summed E-state index contributed by atoms with van der Waals surface area (Å²) in [5.41, 5.74) is 6.33. The van der Waals surface area contributed by atoms with Gasteiger partial charge in [0.15, 0.2) is 12.4 Å². The standard InChI is InChI=1S/C27H30N4O2/c1-16(2)21-8-7-9-22(14-21)33-15-26(32)28-25-13-20(6)30-31(25)24-12-18(4)23-11-17(3)10-19(5)27(23)29-24/h7-14,16H,15H2,1-6H3,(H,28,32). The van der Waals surface area contributed by atoms with Crippen molar-refractivity contribution in [3.05, 3.63) is 76.5 Å². The molecule has 33 heavy (non-hydrogen) atoms. The zero-order chi connectivity index (χ0) is 23.7. The van der Waals surface area contributed by atoms with Gasteiger partial charge in [-0.15, -0.1) is 0 Å². The Kier molecular flexibility index (Phi) is 6.18. The van der Waals surface area contributed by atoms with E-state index in [1.807, 2.05) is 37.3 Å². The van der Waals surface area contributed by atoms with Gasteiger partial charge in [-0.3, -0.25) is 4.79 Å². The lowest BCUT2D eigenvalue weighted by Gasteiger charge is -2.13. The van der Waals surface area contributed by atoms with E-state index in [-0.39, 0.29) is 12.5 Å². The van der Waals surface area contributed by atoms with Gasteiger partial charge < -0.3 is 10.1 Å². The molecule has 0 saturated carbocycles. The van der Waals surface area contributed by atoms with Gasteiger partial charge >= 0.3 is 0 Å². The number of aryl methyl sites for hydroxylation is 4. The van der Waals surface area contributed by atoms with E-state index >= 15 is 0 Å². The van der Waals surface area contributed by atoms with Crippen molar-refractivity contribution in [1.82, 2.24) is 14.8 Å². The summed E-state index contributed by atoms with van der Waals surface area (Å²) < 4.78 is 7.41. The third kappa shape index (κ3) is 4.90. The number of hydrogen-bond acceptors (Lipinski definition) is 4. The predicted molar refractivity (Wildman–Crippen MR) is 132 cm³/mol. The first-order valence-corrected chi connectivity index (χ1v) is 11.2. The number of ether oxygens (including phenoxy) is 1. The van der Waals surface area contributed by atoms with Crippen molar-refractivity contribution < 1.29 is 9.53 Å². The first-order valence-electron chi connectivity index (χ1n) is 11.2. The number of carbonyl (C=O) groups is 1. The molecular weight excluding hydrogens is 412 g/mol. The number of carbonyl (C=O) groups excluding carboxylic acids is 1. The molecule has 0 radical (unpaired) electrons. The second-order valence-electron chi connectivity index (χ2n) is 8.92. The molecule has 0 aliphatic heterocycles. The molecule has 0 saturated heterocycles. The highest BCUT2D eigenvalue weighted by molar-refractivity contribution is 5.91. The molecule has 6 heteroatoms. The van der Waals surface area contributed by atoms with E-state index < -0.39 is 0 Å². The van der Waals surface area contributed by atoms with Crippen molar-refractivity contribution in [2.24, 2.45) is 0 Å². The quantitative estimate of drug-likeness (QED) is 0.410. The summed E-state index contributed by atoms with van der Waals surface area (Å²) in [4.78, 5) is 17.5. The van der Waals surface area contributed by atoms with Crippen LogP contribution >= 0.6 is 0 Å². The van der Waals surface area contributed by atoms with Crippen LogP contribution in [-0.4, -0.2) is 27.3 Å². The second-order valence-corrected chi connectivity index (χ2v) is 8.92. The Morgan fingerprint density at radius 2 is 1.82 bits per heavy atom. The molecule has 2 heterocycles. The Bertz CT molecular complexity index is 1340. The van der Waals surface area contributed by atoms with Crippen LogP contribution in [0.25, 0.3) is 16.7 Å². The Balaban J connectivity index is 1.57. The van der Waals surface area contributed by atoms with E-state index in [0.29, 0.717) is 23.3 Å². The van der Waals surface area contributed by atoms with Gasteiger partial charge in [-0.1, -0.05) is 37.6 Å². The highest BCUT2D eigenvalue weighted by Crippen LogP contribution is 2.26. The van der Waals surface area contributed by atoms with Crippen LogP contribution in [0.4, 0.5) is 5.82 Å². The first kappa shape index (κ1) is 22.5. The molecule has 170 valence electrons. The normalized spacial score (nSPS) is 11.2. The first-order chi connectivity index (χ1) is 15.7. The van der Waals surface area contributed by atoms with E-state index in [9.17, 15) is 4.79 Å². The van der Waals surface area contributed by atoms with Crippen molar-refractivity contribution in [1.29, 1.82) is 0 Å². The van der Waals surface area contributed by atoms with Crippen LogP contribution in [0.5, 0.6) is 5.75 Å². The van der Waals surface area contributed by atoms with Gasteiger partial charge in [-0.05, 0) is 74.6 Å². The van der Waals surface area contributed by atoms with Gasteiger partial charge in [0.1, 0.15) is 11.6 Å². The maximum Gasteiger partial charge on any atom is 0.263 e. The number of nitrogens with one attached hydrogen (secondary N) is 1. The summed E-state index contributed by atoms with van der Waals surface area (Å²) >= 11 is 0. The summed E-state index contributed by atoms with van der Waals surface area (Å²) in [5, 5.41) is 8.63. The van der Waals surface area contributed by atoms with Gasteiger partial charge in [0, 0.05) is 11.5 Å². The molecule has 0 atom stereocenters. The van der Waals surface area contributed by atoms with E-state index in [2.05, 4.69) is 63.2 Å². The molecule has 0 aliphatic carbocycles. The maximum atomic E-state index is 12.7. The molecule has 1 amide bonds. The lowest BCUT2D eigenvalue weighted by molar-refractivity contribution is -0.118. The monoisotopic (exact) mass is 442 g/mol. The molecule has 6 nitrogen and oxygen atoms in total. The van der Waals surface area contributed by atoms with Gasteiger partial charge in [0.25, 0.3) is 5.91 Å². The van der Waals surface area contributed by atoms with Crippen molar-refractivity contribution in [2.75, 3.05) is 11.9 Å². The number of anilines is 1. The van der Waals surface area contributed by atoms with Crippen LogP contribution in [0.1, 0.15) is 47.7 Å². The molecule has 1 N–H and O–H groups in total. The Morgan fingerprint density at radius 1 is 1.03 bits per heavy atom. The van der Waals surface area contributed by atoms with Crippen LogP contribution in [0.2, 0.25) is 0 Å². The minimum absolute atomic E-state index is 0.0890. The maximum absolute atomic E-state index is 12.7. The molecule has 0 unspecified atom stereocenters. The van der Waals surface area contributed by atoms with E-state index in [1.54, 1.807) is 4.68 Å². The van der Waals surface area contributed by atoms with Crippen LogP contribution in [-0.2, 0) is 4.79 Å². The van der Waals surface area contributed by atoms with Crippen LogP contribution in [0.15, 0.2) is 48.5 Å². The smallest absolute Gasteiger partial charge is 0.263 e. The number of pyridine rings is 1. The van der Waals surface area contributed by atoms with Crippen LogP contribution in [0.3, 0.4) is 0 Å². The number of amides is 1. The molecular formula is C27H30N4O2. The summed E-state index contributed by atoms with van der Waals surface area (Å²) in [6.07, 6.45) is 0. The molecule has 0 spiro atoms. The molecule has 4 aromatic rings. The molecule has 4 rings (SSSR count). The van der Waals surface area contributed by atoms with Gasteiger partial charge in [0.2, 0.25) is 0 Å². The zero-order valence-electron chi connectivity index (χ0n) is 20.1. The number of benzene rings is 2. The molecule has 2 aromatic carbocycles. The van der Waals surface area contributed by atoms with Crippen molar-refractivity contribution in [3.8, 4) is 11.6 Å². The summed E-state index contributed by atoms with van der Waals surface area (Å²) in [6, 6.07) is 15.9. The van der Waals surface area contributed by atoms with Crippen molar-refractivity contribution in [3.63, 3.8) is 0 Å². The highest BCUT2D eigenvalue weighted by atomic mass is 16.5. The minimum Gasteiger partial charge on any atom is -0.484 e. The fourth-order valence-corrected chi connectivity index (χ4v) is 3.99. The Hall–Kier alpha value is -3.67. The van der Waals surface area contributed by atoms with E-state index in [0.717, 1.165) is 27.7 Å². The number of nitrogens with zero attached hydrogens (tertiary/aromatic N) is 3. The zero-order valence-corrected chi connectivity index (χ0v) is 20.1. The van der Waals surface area contributed by atoms with Crippen LogP contribution in [0, 0.1) is 27.7 Å². The number of fused-ring (bicyclic) bond motifs is 1. The lowest BCUT2D eigenvalue weighted by atomic mass is 10.0. The summed E-state index contributed by atoms with van der Waals surface area (Å²) in [6.45, 7) is 12.3. The predicted octanol–water partition coefficient (Wildman–Crippen LogP) is 5.80. The fraction of sp³-hybridized carbons (Fsp3) is 0.296. The van der Waals surface area contributed by atoms with Gasteiger partial charge in [0.05, 0.1) is 11.2 Å². The second kappa shape index (κ2) is 9.06. The van der Waals surface area contributed by atoms with Crippen molar-refractivity contribution >= 4 is 22.6 Å². The molecule has 2 aromatic heterocycles. The third-order valence-corrected chi connectivity index (χ3v) is 5.65. The van der Waals surface area contributed by atoms with E-state index in [1.165, 1.54) is 11.1 Å². The number of aromatic nitrogens is 3. The third-order valence-electron chi connectivity index (χ3n) is 5.65. The topological polar surface area (TPSA) is 69.0 Å². The number of rotatable bonds is 6. The largest absolute Gasteiger partial charge is 0.484 e. The van der Waals surface area contributed by atoms with E-state index in [4.69, 9.17) is 9.72 Å².